The van der Waals surface area contributed by atoms with Gasteiger partial charge in [0.2, 0.25) is 5.91 Å². The van der Waals surface area contributed by atoms with Crippen LogP contribution in [0.25, 0.3) is 0 Å². The number of rotatable bonds is 6. The molecule has 8 heteroatoms. The van der Waals surface area contributed by atoms with Crippen molar-refractivity contribution in [2.45, 2.75) is 20.0 Å². The van der Waals surface area contributed by atoms with E-state index in [1.807, 2.05) is 0 Å². The molecule has 0 unspecified atom stereocenters. The van der Waals surface area contributed by atoms with Crippen molar-refractivity contribution in [3.63, 3.8) is 0 Å². The number of thioether (sulfide) groups is 1. The second-order valence-electron chi connectivity index (χ2n) is 3.62. The fraction of sp³-hybridized carbons (Fsp3) is 0.455. The van der Waals surface area contributed by atoms with Gasteiger partial charge in [-0.1, -0.05) is 5.16 Å². The van der Waals surface area contributed by atoms with Crippen molar-refractivity contribution in [3.05, 3.63) is 11.8 Å². The monoisotopic (exact) mass is 283 g/mol. The van der Waals surface area contributed by atoms with Crippen LogP contribution in [0, 0.1) is 18.3 Å². The lowest BCUT2D eigenvalue weighted by Crippen LogP contribution is -2.18. The van der Waals surface area contributed by atoms with Crippen LogP contribution in [0.3, 0.4) is 0 Å². The Labute approximate surface area is 114 Å². The Hall–Kier alpha value is -2.01. The highest BCUT2D eigenvalue weighted by Gasteiger charge is 2.11. The third-order valence-corrected chi connectivity index (χ3v) is 2.74. The van der Waals surface area contributed by atoms with E-state index in [0.29, 0.717) is 11.6 Å². The van der Waals surface area contributed by atoms with Crippen LogP contribution in [0.4, 0.5) is 5.82 Å². The highest BCUT2D eigenvalue weighted by molar-refractivity contribution is 8.00. The van der Waals surface area contributed by atoms with Gasteiger partial charge in [0.25, 0.3) is 0 Å². The molecule has 1 rings (SSSR count). The normalized spacial score (nSPS) is 11.4. The average molecular weight is 283 g/mol. The van der Waals surface area contributed by atoms with Gasteiger partial charge in [-0.3, -0.25) is 9.59 Å². The topological polar surface area (TPSA) is 105 Å². The zero-order chi connectivity index (χ0) is 14.3. The number of nitrogens with one attached hydrogen (secondary N) is 1. The summed E-state index contributed by atoms with van der Waals surface area (Å²) in [6.45, 7) is 3.19. The van der Waals surface area contributed by atoms with Crippen LogP contribution in [0.15, 0.2) is 10.6 Å². The maximum Gasteiger partial charge on any atom is 0.317 e. The quantitative estimate of drug-likeness (QED) is 0.779. The molecule has 0 saturated carbocycles. The molecule has 19 heavy (non-hydrogen) atoms. The van der Waals surface area contributed by atoms with Gasteiger partial charge >= 0.3 is 5.97 Å². The third-order valence-electron chi connectivity index (χ3n) is 1.84. The second-order valence-corrected chi connectivity index (χ2v) is 4.61. The number of aromatic nitrogens is 1. The van der Waals surface area contributed by atoms with E-state index in [9.17, 15) is 9.59 Å². The van der Waals surface area contributed by atoms with Crippen LogP contribution in [-0.2, 0) is 14.3 Å². The molecule has 1 atom stereocenters. The van der Waals surface area contributed by atoms with Crippen molar-refractivity contribution in [3.8, 4) is 6.07 Å². The first-order chi connectivity index (χ1) is 9.01. The predicted molar refractivity (Wildman–Crippen MR) is 68.4 cm³/mol. The van der Waals surface area contributed by atoms with Crippen molar-refractivity contribution < 1.29 is 18.8 Å². The molecule has 0 radical (unpaired) electrons. The van der Waals surface area contributed by atoms with Gasteiger partial charge in [0.05, 0.1) is 11.5 Å². The van der Waals surface area contributed by atoms with E-state index in [1.54, 1.807) is 19.1 Å². The van der Waals surface area contributed by atoms with Gasteiger partial charge in [-0.25, -0.2) is 0 Å². The van der Waals surface area contributed by atoms with Gasteiger partial charge in [0.1, 0.15) is 11.8 Å². The van der Waals surface area contributed by atoms with Crippen LogP contribution >= 0.6 is 11.8 Å². The Morgan fingerprint density at radius 1 is 1.63 bits per heavy atom. The smallest absolute Gasteiger partial charge is 0.317 e. The van der Waals surface area contributed by atoms with Crippen molar-refractivity contribution in [2.75, 3.05) is 16.8 Å². The van der Waals surface area contributed by atoms with E-state index in [4.69, 9.17) is 14.5 Å². The standard InChI is InChI=1S/C11H13N3O4S/c1-7-3-9(14-18-7)13-10(15)5-19-6-11(16)17-8(2)4-12/h3,8H,5-6H2,1-2H3,(H,13,14,15)/t8-/m1/s1. The Bertz CT molecular complexity index is 494. The molecule has 0 saturated heterocycles. The lowest BCUT2D eigenvalue weighted by atomic mass is 10.5. The van der Waals surface area contributed by atoms with E-state index in [1.165, 1.54) is 6.92 Å². The summed E-state index contributed by atoms with van der Waals surface area (Å²) in [4.78, 5) is 22.7. The van der Waals surface area contributed by atoms with Gasteiger partial charge in [0, 0.05) is 6.07 Å². The number of esters is 1. The van der Waals surface area contributed by atoms with Crippen molar-refractivity contribution in [2.24, 2.45) is 0 Å². The van der Waals surface area contributed by atoms with Gasteiger partial charge in [-0.15, -0.1) is 11.8 Å². The predicted octanol–water partition coefficient (Wildman–Crippen LogP) is 1.11. The molecule has 0 aliphatic heterocycles. The van der Waals surface area contributed by atoms with Crippen molar-refractivity contribution >= 4 is 29.5 Å². The van der Waals surface area contributed by atoms with Crippen LogP contribution in [0.5, 0.6) is 0 Å². The Morgan fingerprint density at radius 2 is 2.37 bits per heavy atom. The second kappa shape index (κ2) is 7.43. The average Bonchev–Trinajstić information content (AvgIpc) is 2.74. The molecule has 1 N–H and O–H groups in total. The summed E-state index contributed by atoms with van der Waals surface area (Å²) >= 11 is 1.09. The number of carbonyl (C=O) groups is 2. The van der Waals surface area contributed by atoms with E-state index < -0.39 is 12.1 Å². The summed E-state index contributed by atoms with van der Waals surface area (Å²) in [5.41, 5.74) is 0. The fourth-order valence-corrected chi connectivity index (χ4v) is 1.68. The summed E-state index contributed by atoms with van der Waals surface area (Å²) in [7, 11) is 0. The summed E-state index contributed by atoms with van der Waals surface area (Å²) in [6.07, 6.45) is -0.778. The van der Waals surface area contributed by atoms with Crippen LogP contribution < -0.4 is 5.32 Å². The molecule has 0 fully saturated rings. The number of amides is 1. The fourth-order valence-electron chi connectivity index (χ4n) is 1.09. The van der Waals surface area contributed by atoms with E-state index >= 15 is 0 Å². The van der Waals surface area contributed by atoms with Crippen molar-refractivity contribution in [1.82, 2.24) is 5.16 Å². The molecule has 0 aliphatic rings. The third kappa shape index (κ3) is 5.92. The van der Waals surface area contributed by atoms with Crippen LogP contribution in [0.2, 0.25) is 0 Å². The number of carbonyl (C=O) groups excluding carboxylic acids is 2. The lowest BCUT2D eigenvalue weighted by molar-refractivity contribution is -0.142. The van der Waals surface area contributed by atoms with Gasteiger partial charge in [-0.2, -0.15) is 5.26 Å². The molecule has 0 aromatic carbocycles. The zero-order valence-electron chi connectivity index (χ0n) is 10.5. The van der Waals surface area contributed by atoms with Crippen LogP contribution in [-0.4, -0.2) is 34.6 Å². The Balaban J connectivity index is 2.21. The molecule has 1 heterocycles. The first-order valence-corrected chi connectivity index (χ1v) is 6.56. The molecular formula is C11H13N3O4S. The van der Waals surface area contributed by atoms with Crippen molar-refractivity contribution in [1.29, 1.82) is 5.26 Å². The SMILES string of the molecule is Cc1cc(NC(=O)CSCC(=O)O[C@H](C)C#N)no1. The minimum absolute atomic E-state index is 0.0112. The van der Waals surface area contributed by atoms with Crippen LogP contribution in [0.1, 0.15) is 12.7 Å². The summed E-state index contributed by atoms with van der Waals surface area (Å²) in [5.74, 6) is 0.212. The molecule has 0 aliphatic carbocycles. The first kappa shape index (κ1) is 15.0. The summed E-state index contributed by atoms with van der Waals surface area (Å²) in [5, 5.41) is 14.6. The number of hydrogen-bond donors (Lipinski definition) is 1. The molecule has 7 nitrogen and oxygen atoms in total. The van der Waals surface area contributed by atoms with E-state index in [0.717, 1.165) is 11.8 Å². The zero-order valence-corrected chi connectivity index (χ0v) is 11.3. The maximum absolute atomic E-state index is 11.5. The summed E-state index contributed by atoms with van der Waals surface area (Å²) < 4.78 is 9.51. The maximum atomic E-state index is 11.5. The molecule has 1 aromatic rings. The number of nitriles is 1. The molecular weight excluding hydrogens is 270 g/mol. The number of nitrogens with zero attached hydrogens (tertiary/aromatic N) is 2. The van der Waals surface area contributed by atoms with Gasteiger partial charge in [-0.05, 0) is 13.8 Å². The molecule has 1 amide bonds. The molecule has 0 spiro atoms. The Kier molecular flexibility index (Phi) is 5.89. The number of anilines is 1. The molecule has 0 bridgehead atoms. The number of ether oxygens (including phenoxy) is 1. The minimum Gasteiger partial charge on any atom is -0.447 e. The van der Waals surface area contributed by atoms with E-state index in [2.05, 4.69) is 10.5 Å². The molecule has 102 valence electrons. The molecule has 1 aromatic heterocycles. The minimum atomic E-state index is -0.778. The summed E-state index contributed by atoms with van der Waals surface area (Å²) in [6, 6.07) is 3.37. The van der Waals surface area contributed by atoms with Gasteiger partial charge in [0.15, 0.2) is 11.9 Å². The Morgan fingerprint density at radius 3 is 2.95 bits per heavy atom. The number of aryl methyl sites for hydroxylation is 1. The lowest BCUT2D eigenvalue weighted by Gasteiger charge is -2.05. The highest BCUT2D eigenvalue weighted by Crippen LogP contribution is 2.08. The largest absolute Gasteiger partial charge is 0.447 e. The van der Waals surface area contributed by atoms with E-state index in [-0.39, 0.29) is 17.4 Å². The number of hydrogen-bond acceptors (Lipinski definition) is 7. The first-order valence-electron chi connectivity index (χ1n) is 5.41. The van der Waals surface area contributed by atoms with Gasteiger partial charge < -0.3 is 14.6 Å². The highest BCUT2D eigenvalue weighted by atomic mass is 32.2.